The topological polar surface area (TPSA) is 84.4 Å². The molecule has 1 saturated heterocycles. The summed E-state index contributed by atoms with van der Waals surface area (Å²) in [7, 11) is 0. The van der Waals surface area contributed by atoms with Crippen LogP contribution in [0.2, 0.25) is 0 Å². The number of nitro groups is 1. The molecular weight excluding hydrogens is 248 g/mol. The van der Waals surface area contributed by atoms with Crippen molar-refractivity contribution in [2.24, 2.45) is 5.92 Å². The first-order chi connectivity index (χ1) is 8.95. The van der Waals surface area contributed by atoms with Crippen molar-refractivity contribution in [1.29, 1.82) is 0 Å². The lowest BCUT2D eigenvalue weighted by atomic mass is 10.0. The molecule has 0 radical (unpaired) electrons. The van der Waals surface area contributed by atoms with Crippen LogP contribution in [0.5, 0.6) is 0 Å². The van der Waals surface area contributed by atoms with E-state index in [0.29, 0.717) is 24.6 Å². The first kappa shape index (κ1) is 13.8. The van der Waals surface area contributed by atoms with E-state index < -0.39 is 0 Å². The van der Waals surface area contributed by atoms with E-state index in [1.165, 1.54) is 0 Å². The van der Waals surface area contributed by atoms with Crippen LogP contribution in [-0.2, 0) is 6.54 Å². The summed E-state index contributed by atoms with van der Waals surface area (Å²) in [5.74, 6) is 0.744. The Morgan fingerprint density at radius 2 is 2.32 bits per heavy atom. The van der Waals surface area contributed by atoms with E-state index in [1.54, 1.807) is 18.5 Å². The number of hydrogen-bond donors (Lipinski definition) is 1. The van der Waals surface area contributed by atoms with Crippen LogP contribution in [0.15, 0.2) is 0 Å². The number of anilines is 1. The van der Waals surface area contributed by atoms with Gasteiger partial charge in [0, 0.05) is 25.6 Å². The fraction of sp³-hybridized carbons (Fsp3) is 0.750. The molecule has 2 unspecified atom stereocenters. The van der Waals surface area contributed by atoms with Gasteiger partial charge in [-0.05, 0) is 27.2 Å². The Morgan fingerprint density at radius 3 is 2.79 bits per heavy atom. The Kier molecular flexibility index (Phi) is 3.75. The summed E-state index contributed by atoms with van der Waals surface area (Å²) in [6.07, 6.45) is 0.464. The first-order valence-electron chi connectivity index (χ1n) is 6.60. The van der Waals surface area contributed by atoms with E-state index in [1.807, 2.05) is 11.8 Å². The van der Waals surface area contributed by atoms with Gasteiger partial charge in [-0.2, -0.15) is 5.10 Å². The van der Waals surface area contributed by atoms with E-state index in [2.05, 4.69) is 5.10 Å². The highest BCUT2D eigenvalue weighted by molar-refractivity contribution is 5.62. The first-order valence-corrected chi connectivity index (χ1v) is 6.60. The van der Waals surface area contributed by atoms with Crippen LogP contribution < -0.4 is 4.90 Å². The zero-order valence-corrected chi connectivity index (χ0v) is 11.5. The van der Waals surface area contributed by atoms with Crippen molar-refractivity contribution in [3.63, 3.8) is 0 Å². The predicted octanol–water partition coefficient (Wildman–Crippen LogP) is 1.33. The SMILES string of the molecule is CCn1nc(C)c([N+](=O)[O-])c1N1CCC(C(C)O)C1. The van der Waals surface area contributed by atoms with E-state index >= 15 is 0 Å². The average Bonchev–Trinajstić information content (AvgIpc) is 2.91. The van der Waals surface area contributed by atoms with Gasteiger partial charge in [-0.25, -0.2) is 4.68 Å². The van der Waals surface area contributed by atoms with Crippen molar-refractivity contribution in [1.82, 2.24) is 9.78 Å². The Morgan fingerprint density at radius 1 is 1.63 bits per heavy atom. The molecule has 1 fully saturated rings. The van der Waals surface area contributed by atoms with Crippen LogP contribution >= 0.6 is 0 Å². The summed E-state index contributed by atoms with van der Waals surface area (Å²) in [5, 5.41) is 25.1. The lowest BCUT2D eigenvalue weighted by molar-refractivity contribution is -0.384. The summed E-state index contributed by atoms with van der Waals surface area (Å²) in [6, 6.07) is 0. The minimum atomic E-state index is -0.386. The van der Waals surface area contributed by atoms with Gasteiger partial charge in [0.2, 0.25) is 5.82 Å². The summed E-state index contributed by atoms with van der Waals surface area (Å²) in [5.41, 5.74) is 0.537. The Hall–Kier alpha value is -1.63. The zero-order chi connectivity index (χ0) is 14.2. The largest absolute Gasteiger partial charge is 0.393 e. The van der Waals surface area contributed by atoms with E-state index in [0.717, 1.165) is 13.0 Å². The van der Waals surface area contributed by atoms with Gasteiger partial charge in [-0.1, -0.05) is 0 Å². The van der Waals surface area contributed by atoms with Gasteiger partial charge in [0.15, 0.2) is 0 Å². The highest BCUT2D eigenvalue weighted by Gasteiger charge is 2.34. The molecule has 1 aliphatic rings. The number of aromatic nitrogens is 2. The quantitative estimate of drug-likeness (QED) is 0.657. The number of rotatable bonds is 4. The molecule has 0 spiro atoms. The maximum atomic E-state index is 11.2. The number of aryl methyl sites for hydroxylation is 2. The molecular formula is C12H20N4O3. The minimum Gasteiger partial charge on any atom is -0.393 e. The second-order valence-electron chi connectivity index (χ2n) is 5.07. The number of aliphatic hydroxyl groups is 1. The molecule has 0 saturated carbocycles. The molecule has 106 valence electrons. The molecule has 2 atom stereocenters. The summed E-state index contributed by atoms with van der Waals surface area (Å²) < 4.78 is 1.68. The zero-order valence-electron chi connectivity index (χ0n) is 11.5. The predicted molar refractivity (Wildman–Crippen MR) is 71.3 cm³/mol. The van der Waals surface area contributed by atoms with Gasteiger partial charge >= 0.3 is 5.69 Å². The van der Waals surface area contributed by atoms with Crippen LogP contribution in [0.1, 0.15) is 26.0 Å². The normalized spacial score (nSPS) is 20.8. The fourth-order valence-electron chi connectivity index (χ4n) is 2.68. The van der Waals surface area contributed by atoms with Gasteiger partial charge in [-0.3, -0.25) is 10.1 Å². The highest BCUT2D eigenvalue weighted by atomic mass is 16.6. The maximum Gasteiger partial charge on any atom is 0.333 e. The van der Waals surface area contributed by atoms with Gasteiger partial charge in [0.1, 0.15) is 5.69 Å². The van der Waals surface area contributed by atoms with Crippen molar-refractivity contribution < 1.29 is 10.0 Å². The Labute approximate surface area is 112 Å². The molecule has 1 aromatic rings. The smallest absolute Gasteiger partial charge is 0.333 e. The molecule has 1 N–H and O–H groups in total. The van der Waals surface area contributed by atoms with Crippen molar-refractivity contribution in [2.75, 3.05) is 18.0 Å². The molecule has 1 aromatic heterocycles. The van der Waals surface area contributed by atoms with Gasteiger partial charge in [0.05, 0.1) is 11.0 Å². The molecule has 7 heteroatoms. The van der Waals surface area contributed by atoms with Crippen molar-refractivity contribution >= 4 is 11.5 Å². The van der Waals surface area contributed by atoms with Crippen LogP contribution in [0.3, 0.4) is 0 Å². The second kappa shape index (κ2) is 5.16. The van der Waals surface area contributed by atoms with Crippen LogP contribution in [-0.4, -0.2) is 39.0 Å². The molecule has 19 heavy (non-hydrogen) atoms. The Bertz CT molecular complexity index is 484. The van der Waals surface area contributed by atoms with Crippen molar-refractivity contribution in [3.8, 4) is 0 Å². The molecule has 0 bridgehead atoms. The van der Waals surface area contributed by atoms with Crippen molar-refractivity contribution in [3.05, 3.63) is 15.8 Å². The second-order valence-corrected chi connectivity index (χ2v) is 5.07. The monoisotopic (exact) mass is 268 g/mol. The summed E-state index contributed by atoms with van der Waals surface area (Å²) >= 11 is 0. The average molecular weight is 268 g/mol. The van der Waals surface area contributed by atoms with Gasteiger partial charge in [-0.15, -0.1) is 0 Å². The van der Waals surface area contributed by atoms with E-state index in [-0.39, 0.29) is 22.6 Å². The van der Waals surface area contributed by atoms with E-state index in [9.17, 15) is 15.2 Å². The third-order valence-corrected chi connectivity index (χ3v) is 3.76. The third-order valence-electron chi connectivity index (χ3n) is 3.76. The summed E-state index contributed by atoms with van der Waals surface area (Å²) in [6.45, 7) is 7.31. The maximum absolute atomic E-state index is 11.2. The molecule has 0 aromatic carbocycles. The van der Waals surface area contributed by atoms with Gasteiger partial charge < -0.3 is 10.0 Å². The fourth-order valence-corrected chi connectivity index (χ4v) is 2.68. The summed E-state index contributed by atoms with van der Waals surface area (Å²) in [4.78, 5) is 12.8. The number of hydrogen-bond acceptors (Lipinski definition) is 5. The molecule has 2 heterocycles. The minimum absolute atomic E-state index is 0.0908. The molecule has 0 aliphatic carbocycles. The number of aliphatic hydroxyl groups excluding tert-OH is 1. The molecule has 2 rings (SSSR count). The lowest BCUT2D eigenvalue weighted by Crippen LogP contribution is -2.26. The van der Waals surface area contributed by atoms with Crippen molar-refractivity contribution in [2.45, 2.75) is 39.8 Å². The Balaban J connectivity index is 2.36. The third kappa shape index (κ3) is 2.42. The molecule has 1 aliphatic heterocycles. The molecule has 0 amide bonds. The van der Waals surface area contributed by atoms with Crippen LogP contribution in [0, 0.1) is 23.0 Å². The molecule has 7 nitrogen and oxygen atoms in total. The standard InChI is InChI=1S/C12H20N4O3/c1-4-15-12(11(16(18)19)8(2)13-15)14-6-5-10(7-14)9(3)17/h9-10,17H,4-7H2,1-3H3. The van der Waals surface area contributed by atoms with Crippen LogP contribution in [0.4, 0.5) is 11.5 Å². The lowest BCUT2D eigenvalue weighted by Gasteiger charge is -2.19. The van der Waals surface area contributed by atoms with Crippen LogP contribution in [0.25, 0.3) is 0 Å². The van der Waals surface area contributed by atoms with Gasteiger partial charge in [0.25, 0.3) is 0 Å². The number of nitrogens with zero attached hydrogens (tertiary/aromatic N) is 4. The van der Waals surface area contributed by atoms with E-state index in [4.69, 9.17) is 0 Å². The highest BCUT2D eigenvalue weighted by Crippen LogP contribution is 2.35.